The third-order valence-corrected chi connectivity index (χ3v) is 5.02. The first-order chi connectivity index (χ1) is 13.1. The van der Waals surface area contributed by atoms with Gasteiger partial charge in [0.1, 0.15) is 6.04 Å². The lowest BCUT2D eigenvalue weighted by molar-refractivity contribution is -0.124. The Morgan fingerprint density at radius 2 is 1.85 bits per heavy atom. The molecule has 0 saturated heterocycles. The monoisotopic (exact) mass is 371 g/mol. The number of nitrogens with one attached hydrogen (secondary N) is 3. The Morgan fingerprint density at radius 3 is 2.48 bits per heavy atom. The van der Waals surface area contributed by atoms with Gasteiger partial charge in [0.05, 0.1) is 11.4 Å². The van der Waals surface area contributed by atoms with Crippen LogP contribution in [0.5, 0.6) is 0 Å². The second kappa shape index (κ2) is 8.68. The molecule has 27 heavy (non-hydrogen) atoms. The van der Waals surface area contributed by atoms with Crippen molar-refractivity contribution in [2.75, 3.05) is 12.5 Å². The van der Waals surface area contributed by atoms with Gasteiger partial charge in [-0.15, -0.1) is 0 Å². The molecule has 2 aromatic rings. The Kier molecular flexibility index (Phi) is 6.08. The highest BCUT2D eigenvalue weighted by molar-refractivity contribution is 5.96. The molecule has 1 aliphatic carbocycles. The van der Waals surface area contributed by atoms with Gasteiger partial charge in [-0.05, 0) is 49.1 Å². The molecule has 8 heteroatoms. The Morgan fingerprint density at radius 1 is 1.15 bits per heavy atom. The lowest BCUT2D eigenvalue weighted by Gasteiger charge is -2.29. The van der Waals surface area contributed by atoms with Crippen molar-refractivity contribution in [1.82, 2.24) is 20.4 Å². The molecule has 3 rings (SSSR count). The van der Waals surface area contributed by atoms with E-state index in [4.69, 9.17) is 5.21 Å². The molecule has 1 saturated carbocycles. The van der Waals surface area contributed by atoms with Crippen LogP contribution in [0.15, 0.2) is 36.5 Å². The molecule has 0 radical (unpaired) electrons. The van der Waals surface area contributed by atoms with Crippen molar-refractivity contribution in [3.63, 3.8) is 0 Å². The van der Waals surface area contributed by atoms with Crippen molar-refractivity contribution in [2.45, 2.75) is 38.1 Å². The number of likely N-dealkylation sites (N-methyl/N-ethyl adjacent to an activating group) is 1. The summed E-state index contributed by atoms with van der Waals surface area (Å²) in [5.74, 6) is -0.369. The number of benzene rings is 1. The number of amides is 2. The van der Waals surface area contributed by atoms with E-state index in [2.05, 4.69) is 21.2 Å². The molecule has 0 aliphatic heterocycles. The van der Waals surface area contributed by atoms with Gasteiger partial charge in [-0.2, -0.15) is 5.10 Å². The number of carbonyl (C=O) groups excluding carboxylic acids is 2. The predicted molar refractivity (Wildman–Crippen MR) is 101 cm³/mol. The van der Waals surface area contributed by atoms with Crippen LogP contribution < -0.4 is 16.1 Å². The minimum atomic E-state index is -0.539. The maximum Gasteiger partial charge on any atom is 0.272 e. The number of rotatable bonds is 6. The van der Waals surface area contributed by atoms with Crippen molar-refractivity contribution in [3.8, 4) is 5.69 Å². The van der Waals surface area contributed by atoms with Crippen LogP contribution in [-0.4, -0.2) is 39.9 Å². The van der Waals surface area contributed by atoms with Crippen LogP contribution in [-0.2, 0) is 4.79 Å². The van der Waals surface area contributed by atoms with Gasteiger partial charge in [0.25, 0.3) is 5.91 Å². The summed E-state index contributed by atoms with van der Waals surface area (Å²) < 4.78 is 1.57. The fraction of sp³-hybridized carbons (Fsp3) is 0.421. The zero-order valence-corrected chi connectivity index (χ0v) is 15.3. The number of hydrogen-bond acceptors (Lipinski definition) is 5. The molecule has 8 nitrogen and oxygen atoms in total. The summed E-state index contributed by atoms with van der Waals surface area (Å²) in [6, 6.07) is 8.01. The van der Waals surface area contributed by atoms with Crippen molar-refractivity contribution < 1.29 is 14.8 Å². The molecule has 4 N–H and O–H groups in total. The molecule has 0 spiro atoms. The van der Waals surface area contributed by atoms with Gasteiger partial charge < -0.3 is 10.6 Å². The molecule has 2 amide bonds. The van der Waals surface area contributed by atoms with Crippen LogP contribution in [0.2, 0.25) is 0 Å². The van der Waals surface area contributed by atoms with E-state index in [1.165, 1.54) is 6.42 Å². The molecule has 1 aromatic heterocycles. The number of carbonyl (C=O) groups is 2. The largest absolute Gasteiger partial charge is 0.357 e. The fourth-order valence-corrected chi connectivity index (χ4v) is 3.51. The molecule has 1 heterocycles. The van der Waals surface area contributed by atoms with Gasteiger partial charge in [0, 0.05) is 13.2 Å². The van der Waals surface area contributed by atoms with E-state index < -0.39 is 6.04 Å². The van der Waals surface area contributed by atoms with Crippen LogP contribution in [0.3, 0.4) is 0 Å². The molecule has 0 bridgehead atoms. The van der Waals surface area contributed by atoms with E-state index in [0.717, 1.165) is 31.4 Å². The average molecular weight is 371 g/mol. The number of anilines is 1. The highest BCUT2D eigenvalue weighted by Gasteiger charge is 2.31. The second-order valence-corrected chi connectivity index (χ2v) is 6.77. The first-order valence-corrected chi connectivity index (χ1v) is 9.21. The van der Waals surface area contributed by atoms with E-state index in [1.54, 1.807) is 48.3 Å². The standard InChI is InChI=1S/C19H25N5O3/c1-20-19(26)17(13-5-3-2-4-6-13)21-18(25)16-11-12-24(22-16)15-9-7-14(23-27)8-10-15/h7-13,17,23,27H,2-6H2,1H3,(H,20,26)(H,21,25). The van der Waals surface area contributed by atoms with E-state index in [-0.39, 0.29) is 23.4 Å². The number of hydrogen-bond donors (Lipinski definition) is 4. The summed E-state index contributed by atoms with van der Waals surface area (Å²) in [5.41, 5.74) is 3.63. The van der Waals surface area contributed by atoms with E-state index in [9.17, 15) is 9.59 Å². The van der Waals surface area contributed by atoms with E-state index >= 15 is 0 Å². The first kappa shape index (κ1) is 18.9. The zero-order valence-electron chi connectivity index (χ0n) is 15.3. The zero-order chi connectivity index (χ0) is 19.2. The third-order valence-electron chi connectivity index (χ3n) is 5.02. The fourth-order valence-electron chi connectivity index (χ4n) is 3.51. The Balaban J connectivity index is 1.72. The molecule has 1 aromatic carbocycles. The van der Waals surface area contributed by atoms with Crippen molar-refractivity contribution in [2.24, 2.45) is 5.92 Å². The van der Waals surface area contributed by atoms with Crippen LogP contribution in [0, 0.1) is 5.92 Å². The minimum absolute atomic E-state index is 0.156. The summed E-state index contributed by atoms with van der Waals surface area (Å²) in [6.45, 7) is 0. The Labute approximate surface area is 157 Å². The van der Waals surface area contributed by atoms with Gasteiger partial charge >= 0.3 is 0 Å². The molecule has 1 aliphatic rings. The highest BCUT2D eigenvalue weighted by atomic mass is 16.5. The summed E-state index contributed by atoms with van der Waals surface area (Å²) in [5, 5.41) is 18.7. The van der Waals surface area contributed by atoms with Gasteiger partial charge in [-0.1, -0.05) is 19.3 Å². The van der Waals surface area contributed by atoms with Crippen LogP contribution in [0.25, 0.3) is 5.69 Å². The lowest BCUT2D eigenvalue weighted by atomic mass is 9.83. The molecule has 1 unspecified atom stereocenters. The van der Waals surface area contributed by atoms with Crippen molar-refractivity contribution >= 4 is 17.5 Å². The Hall–Kier alpha value is -2.87. The van der Waals surface area contributed by atoms with Gasteiger partial charge in [-0.25, -0.2) is 4.68 Å². The lowest BCUT2D eigenvalue weighted by Crippen LogP contribution is -2.50. The van der Waals surface area contributed by atoms with Crippen LogP contribution in [0.1, 0.15) is 42.6 Å². The van der Waals surface area contributed by atoms with Crippen LogP contribution in [0.4, 0.5) is 5.69 Å². The van der Waals surface area contributed by atoms with Crippen LogP contribution >= 0.6 is 0 Å². The smallest absolute Gasteiger partial charge is 0.272 e. The molecule has 144 valence electrons. The first-order valence-electron chi connectivity index (χ1n) is 9.21. The normalized spacial score (nSPS) is 15.8. The maximum absolute atomic E-state index is 12.7. The predicted octanol–water partition coefficient (Wildman–Crippen LogP) is 2.10. The third kappa shape index (κ3) is 4.46. The number of aromatic nitrogens is 2. The van der Waals surface area contributed by atoms with Gasteiger partial charge in [0.2, 0.25) is 5.91 Å². The minimum Gasteiger partial charge on any atom is -0.357 e. The topological polar surface area (TPSA) is 108 Å². The Bertz CT molecular complexity index is 781. The SMILES string of the molecule is CNC(=O)C(NC(=O)c1ccn(-c2ccc(NO)cc2)n1)C1CCCCC1. The van der Waals surface area contributed by atoms with E-state index in [0.29, 0.717) is 5.69 Å². The summed E-state index contributed by atoms with van der Waals surface area (Å²) in [6.07, 6.45) is 6.92. The quantitative estimate of drug-likeness (QED) is 0.582. The maximum atomic E-state index is 12.7. The number of nitrogens with zero attached hydrogens (tertiary/aromatic N) is 2. The second-order valence-electron chi connectivity index (χ2n) is 6.77. The van der Waals surface area contributed by atoms with E-state index in [1.807, 2.05) is 0 Å². The summed E-state index contributed by atoms with van der Waals surface area (Å²) in [7, 11) is 1.59. The molecular weight excluding hydrogens is 346 g/mol. The van der Waals surface area contributed by atoms with Crippen molar-refractivity contribution in [3.05, 3.63) is 42.2 Å². The van der Waals surface area contributed by atoms with Gasteiger partial charge in [0.15, 0.2) is 5.69 Å². The summed E-state index contributed by atoms with van der Waals surface area (Å²) in [4.78, 5) is 24.9. The molecule has 1 fully saturated rings. The molecule has 1 atom stereocenters. The highest BCUT2D eigenvalue weighted by Crippen LogP contribution is 2.26. The molecular formula is C19H25N5O3. The summed E-state index contributed by atoms with van der Waals surface area (Å²) >= 11 is 0. The average Bonchev–Trinajstić information content (AvgIpc) is 3.22. The van der Waals surface area contributed by atoms with Gasteiger partial charge in [-0.3, -0.25) is 20.3 Å². The van der Waals surface area contributed by atoms with Crippen molar-refractivity contribution in [1.29, 1.82) is 0 Å².